The largest absolute Gasteiger partial charge is 0.507 e. The summed E-state index contributed by atoms with van der Waals surface area (Å²) in [5, 5.41) is 17.7. The van der Waals surface area contributed by atoms with E-state index >= 15 is 0 Å². The molecule has 14 heavy (non-hydrogen) atoms. The van der Waals surface area contributed by atoms with Crippen molar-refractivity contribution in [3.63, 3.8) is 0 Å². The van der Waals surface area contributed by atoms with Crippen LogP contribution in [-0.4, -0.2) is 17.7 Å². The zero-order valence-electron chi connectivity index (χ0n) is 7.03. The Kier molecular flexibility index (Phi) is 3.32. The molecule has 0 amide bonds. The fourth-order valence-corrected chi connectivity index (χ4v) is 1.02. The Bertz CT molecular complexity index is 398. The van der Waals surface area contributed by atoms with Gasteiger partial charge in [-0.25, -0.2) is 4.79 Å². The first-order valence-electron chi connectivity index (χ1n) is 3.67. The van der Waals surface area contributed by atoms with E-state index in [2.05, 4.69) is 4.74 Å². The summed E-state index contributed by atoms with van der Waals surface area (Å²) >= 11 is 5.61. The maximum atomic E-state index is 11.2. The van der Waals surface area contributed by atoms with Crippen molar-refractivity contribution in [2.45, 2.75) is 0 Å². The molecule has 0 aliphatic rings. The van der Waals surface area contributed by atoms with Gasteiger partial charge in [0.1, 0.15) is 17.4 Å². The van der Waals surface area contributed by atoms with Crippen molar-refractivity contribution in [2.24, 2.45) is 0 Å². The Morgan fingerprint density at radius 3 is 3.00 bits per heavy atom. The summed E-state index contributed by atoms with van der Waals surface area (Å²) in [6.45, 7) is -0.356. The molecule has 0 heterocycles. The Morgan fingerprint density at radius 1 is 1.64 bits per heavy atom. The van der Waals surface area contributed by atoms with E-state index in [-0.39, 0.29) is 17.9 Å². The van der Waals surface area contributed by atoms with Crippen molar-refractivity contribution in [3.8, 4) is 11.8 Å². The lowest BCUT2D eigenvalue weighted by Crippen LogP contribution is -2.05. The lowest BCUT2D eigenvalue weighted by Gasteiger charge is -2.03. The summed E-state index contributed by atoms with van der Waals surface area (Å²) in [6.07, 6.45) is 0. The predicted octanol–water partition coefficient (Wildman–Crippen LogP) is 1.73. The van der Waals surface area contributed by atoms with Gasteiger partial charge in [0.05, 0.1) is 0 Å². The number of aromatic hydroxyl groups is 1. The van der Waals surface area contributed by atoms with Crippen LogP contribution in [0.2, 0.25) is 5.02 Å². The maximum Gasteiger partial charge on any atom is 0.342 e. The summed E-state index contributed by atoms with van der Waals surface area (Å²) < 4.78 is 4.49. The number of benzene rings is 1. The highest BCUT2D eigenvalue weighted by Gasteiger charge is 2.12. The van der Waals surface area contributed by atoms with Crippen LogP contribution in [0.4, 0.5) is 0 Å². The third-order valence-corrected chi connectivity index (χ3v) is 1.68. The Labute approximate surface area is 85.3 Å². The number of rotatable bonds is 2. The first kappa shape index (κ1) is 10.4. The summed E-state index contributed by atoms with van der Waals surface area (Å²) in [4.78, 5) is 11.2. The van der Waals surface area contributed by atoms with Crippen LogP contribution in [0.25, 0.3) is 0 Å². The molecule has 0 saturated carbocycles. The second-order valence-corrected chi connectivity index (χ2v) is 2.83. The minimum absolute atomic E-state index is 0.0484. The molecule has 1 rings (SSSR count). The van der Waals surface area contributed by atoms with Crippen molar-refractivity contribution < 1.29 is 14.6 Å². The van der Waals surface area contributed by atoms with Crippen molar-refractivity contribution in [3.05, 3.63) is 28.8 Å². The Hall–Kier alpha value is -1.73. The van der Waals surface area contributed by atoms with Crippen molar-refractivity contribution in [1.29, 1.82) is 5.26 Å². The van der Waals surface area contributed by atoms with Gasteiger partial charge in [-0.15, -0.1) is 0 Å². The standard InChI is InChI=1S/C9H6ClNO3/c10-6-1-2-8(12)7(5-6)9(13)14-4-3-11/h1-2,5,12H,4H2. The van der Waals surface area contributed by atoms with Gasteiger partial charge in [-0.05, 0) is 18.2 Å². The van der Waals surface area contributed by atoms with Crippen LogP contribution in [0.3, 0.4) is 0 Å². The van der Waals surface area contributed by atoms with Crippen LogP contribution in [0.5, 0.6) is 5.75 Å². The van der Waals surface area contributed by atoms with Gasteiger partial charge >= 0.3 is 5.97 Å². The minimum atomic E-state index is -0.772. The average molecular weight is 212 g/mol. The smallest absolute Gasteiger partial charge is 0.342 e. The molecular weight excluding hydrogens is 206 g/mol. The van der Waals surface area contributed by atoms with Gasteiger partial charge < -0.3 is 9.84 Å². The fourth-order valence-electron chi connectivity index (χ4n) is 0.847. The molecule has 0 radical (unpaired) electrons. The maximum absolute atomic E-state index is 11.2. The number of ether oxygens (including phenoxy) is 1. The van der Waals surface area contributed by atoms with Crippen molar-refractivity contribution in [1.82, 2.24) is 0 Å². The van der Waals surface area contributed by atoms with Crippen LogP contribution in [0.1, 0.15) is 10.4 Å². The number of hydrogen-bond acceptors (Lipinski definition) is 4. The number of carbonyl (C=O) groups is 1. The molecule has 1 aromatic carbocycles. The molecular formula is C9H6ClNO3. The van der Waals surface area contributed by atoms with Gasteiger partial charge in [0.2, 0.25) is 0 Å². The first-order chi connectivity index (χ1) is 6.65. The highest BCUT2D eigenvalue weighted by Crippen LogP contribution is 2.21. The molecule has 0 aliphatic heterocycles. The number of hydrogen-bond donors (Lipinski definition) is 1. The highest BCUT2D eigenvalue weighted by atomic mass is 35.5. The van der Waals surface area contributed by atoms with Gasteiger partial charge in [0, 0.05) is 5.02 Å². The molecule has 5 heteroatoms. The number of nitrogens with zero attached hydrogens (tertiary/aromatic N) is 1. The monoisotopic (exact) mass is 211 g/mol. The quantitative estimate of drug-likeness (QED) is 0.757. The first-order valence-corrected chi connectivity index (χ1v) is 4.05. The molecule has 1 N–H and O–H groups in total. The molecule has 1 aromatic rings. The minimum Gasteiger partial charge on any atom is -0.507 e. The zero-order chi connectivity index (χ0) is 10.6. The van der Waals surface area contributed by atoms with E-state index < -0.39 is 5.97 Å². The van der Waals surface area contributed by atoms with E-state index in [0.29, 0.717) is 5.02 Å². The lowest BCUT2D eigenvalue weighted by molar-refractivity contribution is 0.0551. The number of esters is 1. The molecule has 0 bridgehead atoms. The summed E-state index contributed by atoms with van der Waals surface area (Å²) in [6, 6.07) is 5.64. The lowest BCUT2D eigenvalue weighted by atomic mass is 10.2. The SMILES string of the molecule is N#CCOC(=O)c1cc(Cl)ccc1O. The van der Waals surface area contributed by atoms with Crippen LogP contribution in [0.15, 0.2) is 18.2 Å². The van der Waals surface area contributed by atoms with Gasteiger partial charge in [-0.3, -0.25) is 0 Å². The van der Waals surface area contributed by atoms with Crippen LogP contribution in [-0.2, 0) is 4.74 Å². The normalized spacial score (nSPS) is 9.14. The van der Waals surface area contributed by atoms with E-state index in [9.17, 15) is 9.90 Å². The summed E-state index contributed by atoms with van der Waals surface area (Å²) in [7, 11) is 0. The number of halogens is 1. The van der Waals surface area contributed by atoms with Gasteiger partial charge in [-0.2, -0.15) is 5.26 Å². The average Bonchev–Trinajstić information content (AvgIpc) is 2.18. The van der Waals surface area contributed by atoms with E-state index in [1.54, 1.807) is 6.07 Å². The summed E-state index contributed by atoms with van der Waals surface area (Å²) in [5.74, 6) is -0.996. The van der Waals surface area contributed by atoms with E-state index in [4.69, 9.17) is 16.9 Å². The van der Waals surface area contributed by atoms with Crippen LogP contribution >= 0.6 is 11.6 Å². The number of phenolic OH excluding ortho intramolecular Hbond substituents is 1. The second kappa shape index (κ2) is 4.49. The molecule has 0 atom stereocenters. The van der Waals surface area contributed by atoms with Crippen molar-refractivity contribution >= 4 is 17.6 Å². The number of phenols is 1. The summed E-state index contributed by atoms with van der Waals surface area (Å²) in [5.41, 5.74) is -0.0484. The molecule has 0 aromatic heterocycles. The van der Waals surface area contributed by atoms with Crippen molar-refractivity contribution in [2.75, 3.05) is 6.61 Å². The van der Waals surface area contributed by atoms with E-state index in [1.807, 2.05) is 0 Å². The molecule has 0 aliphatic carbocycles. The third kappa shape index (κ3) is 2.38. The van der Waals surface area contributed by atoms with E-state index in [1.165, 1.54) is 18.2 Å². The fraction of sp³-hybridized carbons (Fsp3) is 0.111. The zero-order valence-corrected chi connectivity index (χ0v) is 7.78. The Morgan fingerprint density at radius 2 is 2.36 bits per heavy atom. The molecule has 72 valence electrons. The number of carbonyl (C=O) groups excluding carboxylic acids is 1. The van der Waals surface area contributed by atoms with Gasteiger partial charge in [-0.1, -0.05) is 11.6 Å². The third-order valence-electron chi connectivity index (χ3n) is 1.45. The number of nitriles is 1. The predicted molar refractivity (Wildman–Crippen MR) is 49.0 cm³/mol. The topological polar surface area (TPSA) is 70.3 Å². The highest BCUT2D eigenvalue weighted by molar-refractivity contribution is 6.31. The molecule has 4 nitrogen and oxygen atoms in total. The molecule has 0 unspecified atom stereocenters. The molecule has 0 saturated heterocycles. The van der Waals surface area contributed by atoms with Crippen LogP contribution in [0, 0.1) is 11.3 Å². The molecule has 0 fully saturated rings. The van der Waals surface area contributed by atoms with Gasteiger partial charge in [0.15, 0.2) is 6.61 Å². The van der Waals surface area contributed by atoms with E-state index in [0.717, 1.165) is 0 Å². The van der Waals surface area contributed by atoms with Gasteiger partial charge in [0.25, 0.3) is 0 Å². The van der Waals surface area contributed by atoms with Crippen LogP contribution < -0.4 is 0 Å². The second-order valence-electron chi connectivity index (χ2n) is 2.40. The molecule has 0 spiro atoms. The Balaban J connectivity index is 2.90.